The Labute approximate surface area is 208 Å². The van der Waals surface area contributed by atoms with Crippen LogP contribution in [0, 0.1) is 28.8 Å². The summed E-state index contributed by atoms with van der Waals surface area (Å²) in [5, 5.41) is 19.1. The number of fused-ring (bicyclic) bond motifs is 1. The Bertz CT molecular complexity index is 1680. The van der Waals surface area contributed by atoms with Crippen molar-refractivity contribution >= 4 is 28.9 Å². The minimum absolute atomic E-state index is 0.106. The molecule has 0 radical (unpaired) electrons. The molecular formula is C26H16F3N7O. The summed E-state index contributed by atoms with van der Waals surface area (Å²) in [6, 6.07) is 16.2. The van der Waals surface area contributed by atoms with E-state index in [1.165, 1.54) is 28.9 Å². The van der Waals surface area contributed by atoms with Gasteiger partial charge in [0.25, 0.3) is 0 Å². The number of nitrogens with zero attached hydrogens (tertiary/aromatic N) is 5. The van der Waals surface area contributed by atoms with Gasteiger partial charge in [0.2, 0.25) is 11.9 Å². The molecule has 11 heteroatoms. The molecule has 5 rings (SSSR count). The number of carbonyl (C=O) groups is 1. The van der Waals surface area contributed by atoms with E-state index >= 15 is 0 Å². The number of nitriles is 1. The first-order valence-electron chi connectivity index (χ1n) is 10.9. The Morgan fingerprint density at radius 2 is 1.81 bits per heavy atom. The third-order valence-corrected chi connectivity index (χ3v) is 5.41. The van der Waals surface area contributed by atoms with Crippen LogP contribution >= 0.6 is 0 Å². The van der Waals surface area contributed by atoms with Crippen LogP contribution < -0.4 is 10.6 Å². The number of rotatable bonds is 6. The van der Waals surface area contributed by atoms with E-state index in [-0.39, 0.29) is 29.5 Å². The largest absolute Gasteiger partial charge is 0.326 e. The summed E-state index contributed by atoms with van der Waals surface area (Å²) in [4.78, 5) is 21.0. The maximum Gasteiger partial charge on any atom is 0.247 e. The molecule has 0 spiro atoms. The molecule has 8 nitrogen and oxygen atoms in total. The highest BCUT2D eigenvalue weighted by atomic mass is 19.2. The van der Waals surface area contributed by atoms with E-state index in [4.69, 9.17) is 0 Å². The van der Waals surface area contributed by atoms with Crippen LogP contribution in [-0.4, -0.2) is 25.5 Å². The number of hydrogen-bond acceptors (Lipinski definition) is 6. The SMILES string of the molecule is N#Cc1c(F)cccc1Nc1nc2cnc(-c3ccc(NC(=O)Cc4ccc(F)c(F)c4)cc3)cn2n1. The number of nitrogens with one attached hydrogen (secondary N) is 2. The fourth-order valence-electron chi connectivity index (χ4n) is 3.62. The molecule has 0 aliphatic carbocycles. The van der Waals surface area contributed by atoms with Gasteiger partial charge in [-0.1, -0.05) is 24.3 Å². The molecule has 182 valence electrons. The highest BCUT2D eigenvalue weighted by molar-refractivity contribution is 5.92. The lowest BCUT2D eigenvalue weighted by atomic mass is 10.1. The maximum absolute atomic E-state index is 13.9. The van der Waals surface area contributed by atoms with Gasteiger partial charge in [0.15, 0.2) is 17.3 Å². The quantitative estimate of drug-likeness (QED) is 0.340. The van der Waals surface area contributed by atoms with E-state index in [0.29, 0.717) is 22.6 Å². The van der Waals surface area contributed by atoms with Gasteiger partial charge < -0.3 is 10.6 Å². The van der Waals surface area contributed by atoms with Crippen molar-refractivity contribution in [3.05, 3.63) is 102 Å². The minimum Gasteiger partial charge on any atom is -0.326 e. The monoisotopic (exact) mass is 499 g/mol. The molecule has 0 unspecified atom stereocenters. The molecule has 0 aliphatic rings. The molecule has 2 heterocycles. The molecule has 0 saturated heterocycles. The molecule has 5 aromatic rings. The average molecular weight is 499 g/mol. The molecule has 1 amide bonds. The Morgan fingerprint density at radius 1 is 1.00 bits per heavy atom. The molecule has 0 aliphatic heterocycles. The molecule has 0 fully saturated rings. The summed E-state index contributed by atoms with van der Waals surface area (Å²) in [5.74, 6) is -2.83. The van der Waals surface area contributed by atoms with E-state index in [0.717, 1.165) is 17.7 Å². The van der Waals surface area contributed by atoms with Crippen molar-refractivity contribution < 1.29 is 18.0 Å². The Kier molecular flexibility index (Phi) is 6.22. The number of aromatic nitrogens is 4. The summed E-state index contributed by atoms with van der Waals surface area (Å²) in [6.45, 7) is 0. The molecule has 0 saturated carbocycles. The first-order valence-corrected chi connectivity index (χ1v) is 10.9. The van der Waals surface area contributed by atoms with E-state index in [1.54, 1.807) is 36.5 Å². The van der Waals surface area contributed by atoms with Gasteiger partial charge in [-0.2, -0.15) is 10.2 Å². The predicted molar refractivity (Wildman–Crippen MR) is 129 cm³/mol. The fourth-order valence-corrected chi connectivity index (χ4v) is 3.62. The molecule has 3 aromatic carbocycles. The Balaban J connectivity index is 1.29. The zero-order chi connectivity index (χ0) is 25.9. The highest BCUT2D eigenvalue weighted by Crippen LogP contribution is 2.23. The number of amides is 1. The number of halogens is 3. The molecule has 2 N–H and O–H groups in total. The molecule has 2 aromatic heterocycles. The number of anilines is 3. The normalized spacial score (nSPS) is 10.8. The second kappa shape index (κ2) is 9.79. The van der Waals surface area contributed by atoms with Crippen LogP contribution in [-0.2, 0) is 11.2 Å². The molecular weight excluding hydrogens is 483 g/mol. The lowest BCUT2D eigenvalue weighted by Gasteiger charge is -2.07. The maximum atomic E-state index is 13.9. The Hall–Kier alpha value is -5.24. The van der Waals surface area contributed by atoms with Gasteiger partial charge >= 0.3 is 0 Å². The van der Waals surface area contributed by atoms with E-state index in [9.17, 15) is 23.2 Å². The smallest absolute Gasteiger partial charge is 0.247 e. The van der Waals surface area contributed by atoms with Gasteiger partial charge in [-0.15, -0.1) is 5.10 Å². The second-order valence-electron chi connectivity index (χ2n) is 7.96. The van der Waals surface area contributed by atoms with Crippen LogP contribution in [0.2, 0.25) is 0 Å². The van der Waals surface area contributed by atoms with Gasteiger partial charge in [-0.05, 0) is 42.0 Å². The van der Waals surface area contributed by atoms with Crippen LogP contribution in [0.15, 0.2) is 73.1 Å². The van der Waals surface area contributed by atoms with Crippen LogP contribution in [0.1, 0.15) is 11.1 Å². The van der Waals surface area contributed by atoms with E-state index in [2.05, 4.69) is 25.7 Å². The zero-order valence-corrected chi connectivity index (χ0v) is 18.9. The van der Waals surface area contributed by atoms with E-state index < -0.39 is 17.5 Å². The molecule has 0 atom stereocenters. The zero-order valence-electron chi connectivity index (χ0n) is 18.9. The topological polar surface area (TPSA) is 108 Å². The number of carbonyl (C=O) groups excluding carboxylic acids is 1. The van der Waals surface area contributed by atoms with Crippen molar-refractivity contribution in [1.29, 1.82) is 5.26 Å². The summed E-state index contributed by atoms with van der Waals surface area (Å²) in [6.07, 6.45) is 3.06. The van der Waals surface area contributed by atoms with Crippen LogP contribution in [0.25, 0.3) is 16.9 Å². The van der Waals surface area contributed by atoms with Crippen molar-refractivity contribution in [2.45, 2.75) is 6.42 Å². The van der Waals surface area contributed by atoms with Crippen molar-refractivity contribution in [2.75, 3.05) is 10.6 Å². The third-order valence-electron chi connectivity index (χ3n) is 5.41. The lowest BCUT2D eigenvalue weighted by Crippen LogP contribution is -2.14. The first kappa shape index (κ1) is 23.5. The summed E-state index contributed by atoms with van der Waals surface area (Å²) >= 11 is 0. The van der Waals surface area contributed by atoms with Crippen molar-refractivity contribution in [1.82, 2.24) is 19.6 Å². The van der Waals surface area contributed by atoms with Crippen molar-refractivity contribution in [3.8, 4) is 17.3 Å². The van der Waals surface area contributed by atoms with E-state index in [1.807, 2.05) is 6.07 Å². The summed E-state index contributed by atoms with van der Waals surface area (Å²) < 4.78 is 41.8. The van der Waals surface area contributed by atoms with Crippen molar-refractivity contribution in [3.63, 3.8) is 0 Å². The fraction of sp³-hybridized carbons (Fsp3) is 0.0385. The third kappa shape index (κ3) is 5.08. The van der Waals surface area contributed by atoms with Crippen molar-refractivity contribution in [2.24, 2.45) is 0 Å². The second-order valence-corrected chi connectivity index (χ2v) is 7.96. The number of hydrogen-bond donors (Lipinski definition) is 2. The van der Waals surface area contributed by atoms with Gasteiger partial charge in [0, 0.05) is 11.3 Å². The van der Waals surface area contributed by atoms with Gasteiger partial charge in [-0.25, -0.2) is 17.7 Å². The minimum atomic E-state index is -1.00. The molecule has 0 bridgehead atoms. The van der Waals surface area contributed by atoms with Gasteiger partial charge in [0.1, 0.15) is 17.4 Å². The average Bonchev–Trinajstić information content (AvgIpc) is 3.28. The van der Waals surface area contributed by atoms with Crippen LogP contribution in [0.5, 0.6) is 0 Å². The molecule has 37 heavy (non-hydrogen) atoms. The van der Waals surface area contributed by atoms with Gasteiger partial charge in [0.05, 0.1) is 30.2 Å². The predicted octanol–water partition coefficient (Wildman–Crippen LogP) is 5.01. The Morgan fingerprint density at radius 3 is 2.57 bits per heavy atom. The van der Waals surface area contributed by atoms with Crippen LogP contribution in [0.3, 0.4) is 0 Å². The lowest BCUT2D eigenvalue weighted by molar-refractivity contribution is -0.115. The van der Waals surface area contributed by atoms with Gasteiger partial charge in [-0.3, -0.25) is 9.78 Å². The van der Waals surface area contributed by atoms with Crippen LogP contribution in [0.4, 0.5) is 30.5 Å². The first-order chi connectivity index (χ1) is 17.9. The summed E-state index contributed by atoms with van der Waals surface area (Å²) in [7, 11) is 0. The number of benzene rings is 3. The standard InChI is InChI=1S/C26H16F3N7O/c27-19-2-1-3-22(18(19)12-30)33-26-34-24-13-31-23(14-36(24)35-26)16-5-7-17(8-6-16)32-25(37)11-15-4-9-20(28)21(29)10-15/h1-10,13-14H,11H2,(H,32,37)(H,33,35). The highest BCUT2D eigenvalue weighted by Gasteiger charge is 2.12. The summed E-state index contributed by atoms with van der Waals surface area (Å²) in [5.41, 5.74) is 2.73.